The summed E-state index contributed by atoms with van der Waals surface area (Å²) < 4.78 is 13.0. The van der Waals surface area contributed by atoms with Gasteiger partial charge in [0.05, 0.1) is 6.07 Å². The Kier molecular flexibility index (Phi) is 3.56. The van der Waals surface area contributed by atoms with Crippen molar-refractivity contribution in [1.29, 1.82) is 5.26 Å². The van der Waals surface area contributed by atoms with Gasteiger partial charge in [-0.05, 0) is 56.9 Å². The molecule has 3 heteroatoms. The maximum atomic E-state index is 13.0. The van der Waals surface area contributed by atoms with Gasteiger partial charge in [-0.15, -0.1) is 0 Å². The molecule has 2 nitrogen and oxygen atoms in total. The van der Waals surface area contributed by atoms with Gasteiger partial charge in [0, 0.05) is 24.2 Å². The number of anilines is 1. The lowest BCUT2D eigenvalue weighted by molar-refractivity contribution is 0.293. The van der Waals surface area contributed by atoms with Crippen molar-refractivity contribution in [2.45, 2.75) is 38.6 Å². The van der Waals surface area contributed by atoms with Crippen LogP contribution in [0.1, 0.15) is 33.1 Å². The zero-order chi connectivity index (χ0) is 13.2. The number of rotatable bonds is 2. The molecule has 1 saturated heterocycles. The van der Waals surface area contributed by atoms with E-state index in [1.807, 2.05) is 12.1 Å². The molecule has 0 bridgehead atoms. The molecule has 96 valence electrons. The van der Waals surface area contributed by atoms with Gasteiger partial charge in [0.2, 0.25) is 0 Å². The molecule has 1 aliphatic rings. The second-order valence-electron chi connectivity index (χ2n) is 5.67. The summed E-state index contributed by atoms with van der Waals surface area (Å²) in [6.45, 7) is 5.30. The molecule has 18 heavy (non-hydrogen) atoms. The molecule has 1 aromatic rings. The van der Waals surface area contributed by atoms with Crippen molar-refractivity contribution >= 4 is 5.69 Å². The van der Waals surface area contributed by atoms with Crippen LogP contribution in [-0.4, -0.2) is 12.1 Å². The predicted molar refractivity (Wildman–Crippen MR) is 70.8 cm³/mol. The van der Waals surface area contributed by atoms with Crippen LogP contribution in [0.4, 0.5) is 10.1 Å². The van der Waals surface area contributed by atoms with Crippen molar-refractivity contribution < 1.29 is 4.39 Å². The molecule has 0 aromatic heterocycles. The summed E-state index contributed by atoms with van der Waals surface area (Å²) in [4.78, 5) is 2.30. The summed E-state index contributed by atoms with van der Waals surface area (Å²) in [5.41, 5.74) is 1.12. The van der Waals surface area contributed by atoms with Crippen LogP contribution in [-0.2, 0) is 0 Å². The van der Waals surface area contributed by atoms with E-state index < -0.39 is 0 Å². The zero-order valence-corrected chi connectivity index (χ0v) is 11.0. The molecular weight excluding hydrogens is 227 g/mol. The normalized spacial score (nSPS) is 22.6. The van der Waals surface area contributed by atoms with Crippen LogP contribution in [0.15, 0.2) is 24.3 Å². The number of hydrogen-bond donors (Lipinski definition) is 0. The lowest BCUT2D eigenvalue weighted by atomic mass is 9.83. The topological polar surface area (TPSA) is 27.0 Å². The Morgan fingerprint density at radius 2 is 2.06 bits per heavy atom. The molecule has 0 amide bonds. The van der Waals surface area contributed by atoms with Gasteiger partial charge >= 0.3 is 0 Å². The van der Waals surface area contributed by atoms with Gasteiger partial charge in [-0.1, -0.05) is 0 Å². The minimum atomic E-state index is -0.206. The number of benzene rings is 1. The van der Waals surface area contributed by atoms with Gasteiger partial charge in [-0.3, -0.25) is 0 Å². The van der Waals surface area contributed by atoms with E-state index in [9.17, 15) is 4.39 Å². The van der Waals surface area contributed by atoms with Crippen LogP contribution in [0, 0.1) is 23.1 Å². The molecule has 1 fully saturated rings. The molecular formula is C15H19FN2. The smallest absolute Gasteiger partial charge is 0.123 e. The summed E-state index contributed by atoms with van der Waals surface area (Å²) in [6.07, 6.45) is 2.77. The SMILES string of the molecule is CC1(C)CCC(CC#N)CN1c1ccc(F)cc1. The summed E-state index contributed by atoms with van der Waals surface area (Å²) in [5, 5.41) is 8.82. The van der Waals surface area contributed by atoms with Gasteiger partial charge in [-0.2, -0.15) is 5.26 Å². The summed E-state index contributed by atoms with van der Waals surface area (Å²) >= 11 is 0. The largest absolute Gasteiger partial charge is 0.366 e. The third-order valence-corrected chi connectivity index (χ3v) is 3.85. The van der Waals surface area contributed by atoms with E-state index in [0.29, 0.717) is 12.3 Å². The molecule has 0 spiro atoms. The molecule has 1 heterocycles. The molecule has 1 aliphatic heterocycles. The minimum absolute atomic E-state index is 0.0732. The highest BCUT2D eigenvalue weighted by atomic mass is 19.1. The summed E-state index contributed by atoms with van der Waals surface area (Å²) in [6, 6.07) is 8.91. The molecule has 1 unspecified atom stereocenters. The molecule has 0 radical (unpaired) electrons. The number of piperidine rings is 1. The maximum absolute atomic E-state index is 13.0. The Bertz CT molecular complexity index is 445. The van der Waals surface area contributed by atoms with E-state index in [2.05, 4.69) is 24.8 Å². The van der Waals surface area contributed by atoms with Gasteiger partial charge in [0.15, 0.2) is 0 Å². The predicted octanol–water partition coefficient (Wildman–Crippen LogP) is 3.73. The van der Waals surface area contributed by atoms with Crippen LogP contribution in [0.2, 0.25) is 0 Å². The number of hydrogen-bond acceptors (Lipinski definition) is 2. The third kappa shape index (κ3) is 2.64. The minimum Gasteiger partial charge on any atom is -0.366 e. The molecule has 1 atom stereocenters. The van der Waals surface area contributed by atoms with Crippen LogP contribution in [0.25, 0.3) is 0 Å². The molecule has 1 aromatic carbocycles. The van der Waals surface area contributed by atoms with Crippen LogP contribution >= 0.6 is 0 Å². The summed E-state index contributed by atoms with van der Waals surface area (Å²) in [7, 11) is 0. The van der Waals surface area contributed by atoms with E-state index >= 15 is 0 Å². The fourth-order valence-electron chi connectivity index (χ4n) is 2.66. The average molecular weight is 246 g/mol. The fourth-order valence-corrected chi connectivity index (χ4v) is 2.66. The fraction of sp³-hybridized carbons (Fsp3) is 0.533. The number of halogens is 1. The van der Waals surface area contributed by atoms with E-state index in [1.54, 1.807) is 0 Å². The highest BCUT2D eigenvalue weighted by molar-refractivity contribution is 5.49. The van der Waals surface area contributed by atoms with Crippen molar-refractivity contribution in [3.05, 3.63) is 30.1 Å². The lowest BCUT2D eigenvalue weighted by Crippen LogP contribution is -2.50. The van der Waals surface area contributed by atoms with Gasteiger partial charge < -0.3 is 4.90 Å². The van der Waals surface area contributed by atoms with Gasteiger partial charge in [0.1, 0.15) is 5.82 Å². The maximum Gasteiger partial charge on any atom is 0.123 e. The summed E-state index contributed by atoms with van der Waals surface area (Å²) in [5.74, 6) is 0.218. The van der Waals surface area contributed by atoms with E-state index in [-0.39, 0.29) is 11.4 Å². The monoisotopic (exact) mass is 246 g/mol. The van der Waals surface area contributed by atoms with Crippen molar-refractivity contribution in [2.75, 3.05) is 11.4 Å². The van der Waals surface area contributed by atoms with Crippen LogP contribution in [0.5, 0.6) is 0 Å². The Balaban J connectivity index is 2.22. The van der Waals surface area contributed by atoms with E-state index in [0.717, 1.165) is 25.1 Å². The first-order valence-electron chi connectivity index (χ1n) is 6.43. The molecule has 0 N–H and O–H groups in total. The highest BCUT2D eigenvalue weighted by Gasteiger charge is 2.34. The lowest BCUT2D eigenvalue weighted by Gasteiger charge is -2.47. The molecule has 0 aliphatic carbocycles. The van der Waals surface area contributed by atoms with Crippen molar-refractivity contribution in [1.82, 2.24) is 0 Å². The number of nitriles is 1. The third-order valence-electron chi connectivity index (χ3n) is 3.85. The highest BCUT2D eigenvalue weighted by Crippen LogP contribution is 2.35. The Labute approximate surface area is 108 Å². The number of nitrogens with zero attached hydrogens (tertiary/aromatic N) is 2. The van der Waals surface area contributed by atoms with Gasteiger partial charge in [-0.25, -0.2) is 4.39 Å². The Hall–Kier alpha value is -1.56. The first-order valence-corrected chi connectivity index (χ1v) is 6.43. The Morgan fingerprint density at radius 3 is 2.67 bits per heavy atom. The average Bonchev–Trinajstić information content (AvgIpc) is 2.33. The van der Waals surface area contributed by atoms with Crippen molar-refractivity contribution in [2.24, 2.45) is 5.92 Å². The quantitative estimate of drug-likeness (QED) is 0.795. The van der Waals surface area contributed by atoms with Gasteiger partial charge in [0.25, 0.3) is 0 Å². The van der Waals surface area contributed by atoms with Crippen LogP contribution in [0.3, 0.4) is 0 Å². The standard InChI is InChI=1S/C15H19FN2/c1-15(2)9-7-12(8-10-17)11-18(15)14-5-3-13(16)4-6-14/h3-6,12H,7-9,11H2,1-2H3. The van der Waals surface area contributed by atoms with E-state index in [1.165, 1.54) is 12.1 Å². The van der Waals surface area contributed by atoms with E-state index in [4.69, 9.17) is 5.26 Å². The Morgan fingerprint density at radius 1 is 1.39 bits per heavy atom. The first-order chi connectivity index (χ1) is 8.53. The van der Waals surface area contributed by atoms with Crippen molar-refractivity contribution in [3.8, 4) is 6.07 Å². The van der Waals surface area contributed by atoms with Crippen molar-refractivity contribution in [3.63, 3.8) is 0 Å². The first kappa shape index (κ1) is 12.9. The second-order valence-corrected chi connectivity index (χ2v) is 5.67. The van der Waals surface area contributed by atoms with Crippen LogP contribution < -0.4 is 4.90 Å². The molecule has 2 rings (SSSR count). The zero-order valence-electron chi connectivity index (χ0n) is 11.0. The molecule has 0 saturated carbocycles. The second kappa shape index (κ2) is 4.97.